The largest absolute Gasteiger partial charge is 0.491 e. The Kier molecular flexibility index (Phi) is 17.4. The molecular formula is C30H48N4O11. The summed E-state index contributed by atoms with van der Waals surface area (Å²) in [5, 5.41) is 29.7. The number of carbonyl (C=O) groups excluding carboxylic acids is 1. The lowest BCUT2D eigenvalue weighted by Gasteiger charge is -2.37. The maximum absolute atomic E-state index is 12.6. The molecule has 1 aromatic rings. The van der Waals surface area contributed by atoms with Crippen LogP contribution in [0.5, 0.6) is 5.75 Å². The van der Waals surface area contributed by atoms with Crippen molar-refractivity contribution in [1.29, 1.82) is 0 Å². The molecule has 2 unspecified atom stereocenters. The molecule has 0 spiro atoms. The van der Waals surface area contributed by atoms with E-state index in [1.807, 2.05) is 24.0 Å². The van der Waals surface area contributed by atoms with Gasteiger partial charge in [-0.25, -0.2) is 0 Å². The molecule has 0 radical (unpaired) electrons. The van der Waals surface area contributed by atoms with Crippen LogP contribution in [0.2, 0.25) is 0 Å². The topological polar surface area (TPSA) is 179 Å². The number of carboxylic acid groups (broad SMARTS) is 3. The summed E-state index contributed by atoms with van der Waals surface area (Å²) in [6, 6.07) is 5.29. The van der Waals surface area contributed by atoms with Crippen LogP contribution >= 0.6 is 0 Å². The Morgan fingerprint density at radius 1 is 0.756 bits per heavy atom. The van der Waals surface area contributed by atoms with Crippen LogP contribution in [0.4, 0.5) is 0 Å². The van der Waals surface area contributed by atoms with Gasteiger partial charge in [0.05, 0.1) is 33.4 Å². The maximum atomic E-state index is 12.6. The van der Waals surface area contributed by atoms with E-state index in [0.717, 1.165) is 5.56 Å². The molecule has 0 aromatic heterocycles. The van der Waals surface area contributed by atoms with E-state index in [-0.39, 0.29) is 71.9 Å². The highest BCUT2D eigenvalue weighted by atomic mass is 16.5. The van der Waals surface area contributed by atoms with E-state index in [1.54, 1.807) is 26.8 Å². The SMILES string of the molecule is CCOCCOc1ccc(CC(C(=O)O)N2CCN(CC(=O)O)CCN(C(COC)C(=O)O)CCN(CC(=O)OC)CC2)cc1. The van der Waals surface area contributed by atoms with Crippen LogP contribution in [0, 0.1) is 0 Å². The fraction of sp³-hybridized carbons (Fsp3) is 0.667. The first-order valence-electron chi connectivity index (χ1n) is 15.0. The molecule has 1 saturated heterocycles. The Balaban J connectivity index is 2.30. The molecule has 0 aliphatic carbocycles. The van der Waals surface area contributed by atoms with Crippen molar-refractivity contribution in [2.24, 2.45) is 0 Å². The molecule has 1 aromatic carbocycles. The molecule has 15 nitrogen and oxygen atoms in total. The smallest absolute Gasteiger partial charge is 0.323 e. The highest BCUT2D eigenvalue weighted by Crippen LogP contribution is 2.16. The highest BCUT2D eigenvalue weighted by Gasteiger charge is 2.30. The highest BCUT2D eigenvalue weighted by molar-refractivity contribution is 5.74. The Labute approximate surface area is 264 Å². The van der Waals surface area contributed by atoms with Gasteiger partial charge < -0.3 is 34.3 Å². The third-order valence-corrected chi connectivity index (χ3v) is 7.58. The lowest BCUT2D eigenvalue weighted by molar-refractivity contribution is -0.147. The molecule has 254 valence electrons. The normalized spacial score (nSPS) is 17.8. The van der Waals surface area contributed by atoms with Gasteiger partial charge in [0, 0.05) is 66.1 Å². The molecule has 1 aliphatic heterocycles. The number of nitrogens with zero attached hydrogens (tertiary/aromatic N) is 4. The number of rotatable bonds is 17. The number of benzene rings is 1. The monoisotopic (exact) mass is 640 g/mol. The minimum absolute atomic E-state index is 0.0617. The summed E-state index contributed by atoms with van der Waals surface area (Å²) in [5.41, 5.74) is 0.785. The average molecular weight is 641 g/mol. The van der Waals surface area contributed by atoms with Crippen LogP contribution in [0.15, 0.2) is 24.3 Å². The van der Waals surface area contributed by atoms with Crippen molar-refractivity contribution in [2.45, 2.75) is 25.4 Å². The fourth-order valence-corrected chi connectivity index (χ4v) is 5.08. The van der Waals surface area contributed by atoms with Crippen LogP contribution in [0.1, 0.15) is 12.5 Å². The Bertz CT molecular complexity index is 1060. The summed E-state index contributed by atoms with van der Waals surface area (Å²) in [6.07, 6.45) is 0.190. The lowest BCUT2D eigenvalue weighted by atomic mass is 10.0. The molecule has 3 N–H and O–H groups in total. The molecule has 1 aliphatic rings. The zero-order chi connectivity index (χ0) is 33.2. The van der Waals surface area contributed by atoms with Gasteiger partial charge >= 0.3 is 23.9 Å². The van der Waals surface area contributed by atoms with E-state index >= 15 is 0 Å². The van der Waals surface area contributed by atoms with Crippen molar-refractivity contribution in [2.75, 3.05) is 106 Å². The van der Waals surface area contributed by atoms with Gasteiger partial charge in [-0.15, -0.1) is 0 Å². The standard InChI is InChI=1S/C30H48N4O11/c1-4-44-17-18-45-24-7-5-23(6-8-24)19-25(29(38)39)33-13-9-31(20-27(35)36)10-15-34(26(22-42-2)30(40)41)16-12-32(11-14-33)21-28(37)43-3/h5-8,25-26H,4,9-22H2,1-3H3,(H,35,36)(H,38,39)(H,40,41). The summed E-state index contributed by atoms with van der Waals surface area (Å²) >= 11 is 0. The second kappa shape index (κ2) is 20.6. The molecule has 45 heavy (non-hydrogen) atoms. The van der Waals surface area contributed by atoms with Crippen LogP contribution in [-0.2, 0) is 39.8 Å². The Morgan fingerprint density at radius 3 is 1.76 bits per heavy atom. The van der Waals surface area contributed by atoms with E-state index in [2.05, 4.69) is 0 Å². The third kappa shape index (κ3) is 14.1. The number of carboxylic acids is 3. The number of carbonyl (C=O) groups is 4. The van der Waals surface area contributed by atoms with Crippen molar-refractivity contribution in [1.82, 2.24) is 19.6 Å². The van der Waals surface area contributed by atoms with Crippen molar-refractivity contribution < 1.29 is 53.4 Å². The van der Waals surface area contributed by atoms with Gasteiger partial charge in [0.1, 0.15) is 24.4 Å². The van der Waals surface area contributed by atoms with Crippen molar-refractivity contribution >= 4 is 23.9 Å². The third-order valence-electron chi connectivity index (χ3n) is 7.58. The van der Waals surface area contributed by atoms with Crippen LogP contribution in [-0.4, -0.2) is 177 Å². The first kappa shape index (κ1) is 37.8. The van der Waals surface area contributed by atoms with E-state index < -0.39 is 36.0 Å². The van der Waals surface area contributed by atoms with Crippen molar-refractivity contribution in [3.63, 3.8) is 0 Å². The summed E-state index contributed by atoms with van der Waals surface area (Å²) in [7, 11) is 2.69. The zero-order valence-electron chi connectivity index (χ0n) is 26.5. The molecule has 0 bridgehead atoms. The summed E-state index contributed by atoms with van der Waals surface area (Å²) in [6.45, 7) is 4.95. The van der Waals surface area contributed by atoms with Gasteiger partial charge in [0.15, 0.2) is 0 Å². The van der Waals surface area contributed by atoms with Crippen LogP contribution < -0.4 is 4.74 Å². The van der Waals surface area contributed by atoms with Gasteiger partial charge in [-0.3, -0.25) is 38.8 Å². The number of methoxy groups -OCH3 is 2. The van der Waals surface area contributed by atoms with Gasteiger partial charge in [-0.05, 0) is 31.0 Å². The number of hydrogen-bond acceptors (Lipinski definition) is 12. The number of aliphatic carboxylic acids is 3. The molecule has 2 rings (SSSR count). The van der Waals surface area contributed by atoms with E-state index in [1.165, 1.54) is 14.2 Å². The molecule has 1 fully saturated rings. The van der Waals surface area contributed by atoms with E-state index in [9.17, 15) is 34.5 Å². The van der Waals surface area contributed by atoms with Gasteiger partial charge in [0.25, 0.3) is 0 Å². The molecular weight excluding hydrogens is 592 g/mol. The fourth-order valence-electron chi connectivity index (χ4n) is 5.08. The Morgan fingerprint density at radius 2 is 1.29 bits per heavy atom. The first-order valence-corrected chi connectivity index (χ1v) is 15.0. The number of esters is 1. The maximum Gasteiger partial charge on any atom is 0.323 e. The van der Waals surface area contributed by atoms with Gasteiger partial charge in [-0.2, -0.15) is 0 Å². The molecule has 0 saturated carbocycles. The number of hydrogen-bond donors (Lipinski definition) is 3. The molecule has 2 atom stereocenters. The van der Waals surface area contributed by atoms with Crippen LogP contribution in [0.25, 0.3) is 0 Å². The summed E-state index contributed by atoms with van der Waals surface area (Å²) in [5.74, 6) is -2.98. The molecule has 15 heteroatoms. The number of ether oxygens (including phenoxy) is 4. The Hall–Kier alpha value is -3.34. The van der Waals surface area contributed by atoms with E-state index in [0.29, 0.717) is 32.1 Å². The minimum atomic E-state index is -1.08. The summed E-state index contributed by atoms with van der Waals surface area (Å²) in [4.78, 5) is 55.6. The second-order valence-electron chi connectivity index (χ2n) is 10.7. The lowest BCUT2D eigenvalue weighted by Crippen LogP contribution is -2.54. The van der Waals surface area contributed by atoms with Gasteiger partial charge in [-0.1, -0.05) is 12.1 Å². The molecule has 1 heterocycles. The average Bonchev–Trinajstić information content (AvgIpc) is 3.00. The predicted molar refractivity (Wildman–Crippen MR) is 163 cm³/mol. The van der Waals surface area contributed by atoms with Crippen molar-refractivity contribution in [3.05, 3.63) is 29.8 Å². The van der Waals surface area contributed by atoms with E-state index in [4.69, 9.17) is 18.9 Å². The second-order valence-corrected chi connectivity index (χ2v) is 10.7. The predicted octanol–water partition coefficient (Wildman–Crippen LogP) is -0.324. The molecule has 0 amide bonds. The zero-order valence-corrected chi connectivity index (χ0v) is 26.5. The first-order chi connectivity index (χ1) is 21.6. The quantitative estimate of drug-likeness (QED) is 0.149. The van der Waals surface area contributed by atoms with Gasteiger partial charge in [0.2, 0.25) is 0 Å². The van der Waals surface area contributed by atoms with Crippen molar-refractivity contribution in [3.8, 4) is 5.75 Å². The van der Waals surface area contributed by atoms with Crippen LogP contribution in [0.3, 0.4) is 0 Å². The minimum Gasteiger partial charge on any atom is -0.491 e. The summed E-state index contributed by atoms with van der Waals surface area (Å²) < 4.78 is 21.0.